The lowest BCUT2D eigenvalue weighted by Crippen LogP contribution is -2.00. The first-order valence-corrected chi connectivity index (χ1v) is 6.08. The third kappa shape index (κ3) is 17.7. The second-order valence-electron chi connectivity index (χ2n) is 1.94. The minimum absolute atomic E-state index is 0.334. The van der Waals surface area contributed by atoms with Crippen molar-refractivity contribution >= 4 is 21.8 Å². The molecule has 84 valence electrons. The van der Waals surface area contributed by atoms with Gasteiger partial charge in [0, 0.05) is 11.7 Å². The van der Waals surface area contributed by atoms with Crippen LogP contribution in [0.25, 0.3) is 0 Å². The van der Waals surface area contributed by atoms with Crippen molar-refractivity contribution in [3.05, 3.63) is 0 Å². The predicted octanol–water partition coefficient (Wildman–Crippen LogP) is -0.0787. The third-order valence-corrected chi connectivity index (χ3v) is 2.25. The molecule has 0 aliphatic carbocycles. The minimum Gasteiger partial charge on any atom is -0.481 e. The first-order valence-electron chi connectivity index (χ1n) is 3.15. The Kier molecular flexibility index (Phi) is 9.18. The van der Waals surface area contributed by atoms with Crippen LogP contribution >= 0.6 is 15.9 Å². The number of hydrogen-bond donors (Lipinski definition) is 4. The molecule has 0 bridgehead atoms. The van der Waals surface area contributed by atoms with Crippen LogP contribution in [0.4, 0.5) is 0 Å². The Morgan fingerprint density at radius 3 is 2.07 bits per heavy atom. The maximum atomic E-state index is 10.6. The Labute approximate surface area is 80.6 Å². The molecule has 0 aliphatic rings. The van der Waals surface area contributed by atoms with E-state index in [2.05, 4.69) is 4.52 Å². The van der Waals surface area contributed by atoms with Gasteiger partial charge in [-0.3, -0.25) is 9.36 Å². The Balaban J connectivity index is 0. The molecule has 14 heavy (non-hydrogen) atoms. The Morgan fingerprint density at radius 1 is 1.50 bits per heavy atom. The lowest BCUT2D eigenvalue weighted by molar-refractivity contribution is -0.136. The molecule has 0 spiro atoms. The van der Waals surface area contributed by atoms with Gasteiger partial charge in [-0.1, -0.05) is 0 Å². The quantitative estimate of drug-likeness (QED) is 0.507. The Hall–Kier alpha value is -0.360. The van der Waals surface area contributed by atoms with E-state index >= 15 is 0 Å². The summed E-state index contributed by atoms with van der Waals surface area (Å²) in [5.41, 5.74) is 0. The predicted molar refractivity (Wildman–Crippen MR) is 46.0 cm³/mol. The molecule has 0 rings (SSSR count). The molecular weight excluding hydrogens is 238 g/mol. The second-order valence-corrected chi connectivity index (χ2v) is 4.53. The monoisotopic (exact) mass is 249 g/mol. The van der Waals surface area contributed by atoms with Gasteiger partial charge in [0.05, 0.1) is 12.6 Å². The molecule has 0 amide bonds. The Bertz CT molecular complexity index is 233. The summed E-state index contributed by atoms with van der Waals surface area (Å²) in [6.45, 7) is 0. The van der Waals surface area contributed by atoms with Crippen molar-refractivity contribution in [2.24, 2.45) is 0 Å². The standard InChI is InChI=1S/C4H9O5P.HO3P/c1-9-10(7,8)3-2-4(5)6;1-4(2)3/h2-3H2,1H3,(H,5,6)(H,7,8);(H-,1,2,3)/p+1. The fraction of sp³-hybridized carbons (Fsp3) is 0.750. The summed E-state index contributed by atoms with van der Waals surface area (Å²) in [4.78, 5) is 32.8. The third-order valence-electron chi connectivity index (χ3n) is 0.894. The van der Waals surface area contributed by atoms with Crippen LogP contribution in [-0.2, 0) is 18.4 Å². The van der Waals surface area contributed by atoms with Crippen LogP contribution in [0.5, 0.6) is 0 Å². The van der Waals surface area contributed by atoms with Crippen LogP contribution in [-0.4, -0.2) is 39.0 Å². The summed E-state index contributed by atoms with van der Waals surface area (Å²) in [7, 11) is -5.41. The summed E-state index contributed by atoms with van der Waals surface area (Å²) in [6, 6.07) is 0. The van der Waals surface area contributed by atoms with Crippen LogP contribution in [0.3, 0.4) is 0 Å². The zero-order valence-corrected chi connectivity index (χ0v) is 9.02. The van der Waals surface area contributed by atoms with Gasteiger partial charge in [0.25, 0.3) is 0 Å². The maximum absolute atomic E-state index is 10.6. The smallest absolute Gasteiger partial charge is 0.481 e. The zero-order valence-electron chi connectivity index (χ0n) is 7.23. The van der Waals surface area contributed by atoms with E-state index in [9.17, 15) is 9.36 Å². The van der Waals surface area contributed by atoms with Crippen molar-refractivity contribution in [1.82, 2.24) is 0 Å². The molecule has 0 fully saturated rings. The number of carboxylic acid groups (broad SMARTS) is 1. The first kappa shape index (κ1) is 16.1. The molecule has 8 nitrogen and oxygen atoms in total. The van der Waals surface area contributed by atoms with E-state index in [0.717, 1.165) is 7.11 Å². The van der Waals surface area contributed by atoms with Gasteiger partial charge in [-0.2, -0.15) is 0 Å². The van der Waals surface area contributed by atoms with E-state index < -0.39 is 21.8 Å². The lowest BCUT2D eigenvalue weighted by Gasteiger charge is -2.04. The van der Waals surface area contributed by atoms with Crippen molar-refractivity contribution in [3.63, 3.8) is 0 Å². The number of aliphatic carboxylic acids is 1. The van der Waals surface area contributed by atoms with E-state index in [-0.39, 0.29) is 12.6 Å². The molecule has 10 heteroatoms. The van der Waals surface area contributed by atoms with Crippen molar-refractivity contribution < 1.29 is 38.2 Å². The molecule has 0 aliphatic heterocycles. The topological polar surface area (TPSA) is 141 Å². The molecule has 0 heterocycles. The molecule has 0 radical (unpaired) electrons. The van der Waals surface area contributed by atoms with E-state index in [4.69, 9.17) is 24.4 Å². The van der Waals surface area contributed by atoms with Crippen LogP contribution in [0.2, 0.25) is 0 Å². The summed E-state index contributed by atoms with van der Waals surface area (Å²) in [5.74, 6) is -1.11. The average Bonchev–Trinajstić information content (AvgIpc) is 2.00. The van der Waals surface area contributed by atoms with Gasteiger partial charge in [0.2, 0.25) is 0 Å². The fourth-order valence-corrected chi connectivity index (χ4v) is 0.985. The number of carboxylic acids is 1. The summed E-state index contributed by atoms with van der Waals surface area (Å²) >= 11 is 0. The van der Waals surface area contributed by atoms with Gasteiger partial charge in [-0.05, 0) is 0 Å². The van der Waals surface area contributed by atoms with Crippen LogP contribution in [0.15, 0.2) is 0 Å². The number of carbonyl (C=O) groups is 1. The maximum Gasteiger partial charge on any atom is 0.692 e. The SMILES string of the molecule is COP(=O)(O)CCC(=O)O.O=[P+](O)O. The molecule has 0 aromatic rings. The highest BCUT2D eigenvalue weighted by Gasteiger charge is 2.17. The molecule has 0 saturated carbocycles. The molecule has 1 atom stereocenters. The largest absolute Gasteiger partial charge is 0.692 e. The van der Waals surface area contributed by atoms with E-state index in [0.29, 0.717) is 0 Å². The molecule has 1 unspecified atom stereocenters. The van der Waals surface area contributed by atoms with E-state index in [1.54, 1.807) is 0 Å². The molecule has 0 saturated heterocycles. The minimum atomic E-state index is -3.61. The highest BCUT2D eigenvalue weighted by atomic mass is 31.2. The van der Waals surface area contributed by atoms with Crippen molar-refractivity contribution in [2.45, 2.75) is 6.42 Å². The van der Waals surface area contributed by atoms with Crippen LogP contribution < -0.4 is 0 Å². The molecule has 0 aromatic heterocycles. The van der Waals surface area contributed by atoms with Crippen LogP contribution in [0, 0.1) is 0 Å². The zero-order chi connectivity index (χ0) is 11.8. The van der Waals surface area contributed by atoms with Crippen molar-refractivity contribution in [2.75, 3.05) is 13.3 Å². The molecule has 4 N–H and O–H groups in total. The van der Waals surface area contributed by atoms with E-state index in [1.165, 1.54) is 0 Å². The lowest BCUT2D eigenvalue weighted by atomic mass is 10.5. The van der Waals surface area contributed by atoms with Crippen molar-refractivity contribution in [1.29, 1.82) is 0 Å². The second kappa shape index (κ2) is 7.99. The number of rotatable bonds is 4. The normalized spacial score (nSPS) is 13.4. The van der Waals surface area contributed by atoms with Gasteiger partial charge in [-0.15, -0.1) is 9.79 Å². The first-order chi connectivity index (χ1) is 6.21. The summed E-state index contributed by atoms with van der Waals surface area (Å²) in [6.07, 6.45) is -0.680. The van der Waals surface area contributed by atoms with Crippen LogP contribution in [0.1, 0.15) is 6.42 Å². The van der Waals surface area contributed by atoms with Gasteiger partial charge in [0.15, 0.2) is 0 Å². The Morgan fingerprint density at radius 2 is 1.86 bits per heavy atom. The fourth-order valence-electron chi connectivity index (χ4n) is 0.328. The van der Waals surface area contributed by atoms with Gasteiger partial charge < -0.3 is 14.5 Å². The van der Waals surface area contributed by atoms with Gasteiger partial charge in [-0.25, -0.2) is 0 Å². The molecule has 0 aromatic carbocycles. The van der Waals surface area contributed by atoms with E-state index in [1.807, 2.05) is 0 Å². The number of hydrogen-bond acceptors (Lipinski definition) is 4. The summed E-state index contributed by atoms with van der Waals surface area (Å²) in [5, 5.41) is 8.08. The van der Waals surface area contributed by atoms with Gasteiger partial charge in [0.1, 0.15) is 0 Å². The highest BCUT2D eigenvalue weighted by Crippen LogP contribution is 2.40. The molecular formula is C4H11O8P2+. The summed E-state index contributed by atoms with van der Waals surface area (Å²) < 4.78 is 23.4. The van der Waals surface area contributed by atoms with Gasteiger partial charge >= 0.3 is 21.8 Å². The van der Waals surface area contributed by atoms with Crippen molar-refractivity contribution in [3.8, 4) is 0 Å². The average molecular weight is 249 g/mol. The highest BCUT2D eigenvalue weighted by molar-refractivity contribution is 7.52.